The average molecular weight is 396 g/mol. The minimum Gasteiger partial charge on any atom is -0.394 e. The normalized spacial score (nSPS) is 29.8. The second kappa shape index (κ2) is 11.7. The quantitative estimate of drug-likeness (QED) is 0.214. The standard InChI is InChI=1S/C15H28N2O8S/c1-8(19)17-9(3-6-26-2)14(23)16-4-5-24-15-13(22)12(21)11(20)10(7-18)25-15/h9-13,15,18,20-22H,3-7H2,1-2H3,(H,16,23)(H,17,19)/t9-,10+,11+,12-,13-,15-/m0/s1. The molecule has 11 heteroatoms. The number of nitrogens with one attached hydrogen (secondary N) is 2. The van der Waals surface area contributed by atoms with Crippen LogP contribution in [-0.4, -0.2) is 101 Å². The molecule has 26 heavy (non-hydrogen) atoms. The van der Waals surface area contributed by atoms with Gasteiger partial charge in [0, 0.05) is 13.5 Å². The van der Waals surface area contributed by atoms with Gasteiger partial charge in [0.2, 0.25) is 11.8 Å². The zero-order valence-electron chi connectivity index (χ0n) is 14.8. The number of thioether (sulfide) groups is 1. The van der Waals surface area contributed by atoms with E-state index in [0.29, 0.717) is 12.2 Å². The van der Waals surface area contributed by atoms with Crippen molar-refractivity contribution in [1.82, 2.24) is 10.6 Å². The van der Waals surface area contributed by atoms with Crippen molar-refractivity contribution < 1.29 is 39.5 Å². The molecule has 0 aromatic rings. The van der Waals surface area contributed by atoms with Crippen molar-refractivity contribution in [3.05, 3.63) is 0 Å². The topological polar surface area (TPSA) is 158 Å². The summed E-state index contributed by atoms with van der Waals surface area (Å²) in [6, 6.07) is -0.646. The van der Waals surface area contributed by atoms with Crippen molar-refractivity contribution in [2.45, 2.75) is 50.1 Å². The number of hydrogen-bond donors (Lipinski definition) is 6. The summed E-state index contributed by atoms with van der Waals surface area (Å²) >= 11 is 1.56. The second-order valence-corrected chi connectivity index (χ2v) is 6.88. The SMILES string of the molecule is CSCC[C@H](NC(C)=O)C(=O)NCCO[C@H]1O[C@H](CO)[C@@H](O)[C@H](O)[C@@H]1O. The van der Waals surface area contributed by atoms with Crippen LogP contribution in [0.15, 0.2) is 0 Å². The van der Waals surface area contributed by atoms with E-state index in [2.05, 4.69) is 10.6 Å². The fraction of sp³-hybridized carbons (Fsp3) is 0.867. The van der Waals surface area contributed by atoms with Gasteiger partial charge in [-0.2, -0.15) is 11.8 Å². The molecule has 10 nitrogen and oxygen atoms in total. The van der Waals surface area contributed by atoms with Crippen molar-refractivity contribution in [3.8, 4) is 0 Å². The van der Waals surface area contributed by atoms with Gasteiger partial charge in [-0.25, -0.2) is 0 Å². The third-order valence-corrected chi connectivity index (χ3v) is 4.48. The van der Waals surface area contributed by atoms with Crippen molar-refractivity contribution in [1.29, 1.82) is 0 Å². The number of rotatable bonds is 10. The first-order valence-corrected chi connectivity index (χ1v) is 9.67. The summed E-state index contributed by atoms with van der Waals surface area (Å²) in [4.78, 5) is 23.3. The van der Waals surface area contributed by atoms with Crippen molar-refractivity contribution in [2.24, 2.45) is 0 Å². The molecule has 1 aliphatic heterocycles. The Morgan fingerprint density at radius 1 is 1.23 bits per heavy atom. The lowest BCUT2D eigenvalue weighted by atomic mass is 9.99. The molecule has 0 spiro atoms. The highest BCUT2D eigenvalue weighted by atomic mass is 32.2. The first kappa shape index (κ1) is 23.1. The number of carbonyl (C=O) groups is 2. The Hall–Kier alpha value is -0.950. The van der Waals surface area contributed by atoms with E-state index in [9.17, 15) is 24.9 Å². The summed E-state index contributed by atoms with van der Waals surface area (Å²) in [7, 11) is 0. The fourth-order valence-corrected chi connectivity index (χ4v) is 2.90. The molecule has 0 saturated carbocycles. The lowest BCUT2D eigenvalue weighted by molar-refractivity contribution is -0.300. The van der Waals surface area contributed by atoms with Crippen LogP contribution in [0, 0.1) is 0 Å². The predicted octanol–water partition coefficient (Wildman–Crippen LogP) is -2.82. The first-order chi connectivity index (χ1) is 12.3. The molecule has 0 radical (unpaired) electrons. The molecule has 0 bridgehead atoms. The Labute approximate surface area is 156 Å². The summed E-state index contributed by atoms with van der Waals surface area (Å²) in [6.45, 7) is 0.837. The molecule has 2 amide bonds. The van der Waals surface area contributed by atoms with Gasteiger partial charge in [0.05, 0.1) is 13.2 Å². The van der Waals surface area contributed by atoms with Crippen LogP contribution < -0.4 is 10.6 Å². The van der Waals surface area contributed by atoms with E-state index in [-0.39, 0.29) is 25.0 Å². The number of aliphatic hydroxyl groups excluding tert-OH is 4. The van der Waals surface area contributed by atoms with Crippen LogP contribution in [-0.2, 0) is 19.1 Å². The molecule has 0 aliphatic carbocycles. The molecule has 1 rings (SSSR count). The summed E-state index contributed by atoms with van der Waals surface area (Å²) < 4.78 is 10.5. The van der Waals surface area contributed by atoms with Crippen LogP contribution in [0.2, 0.25) is 0 Å². The van der Waals surface area contributed by atoms with Gasteiger partial charge >= 0.3 is 0 Å². The average Bonchev–Trinajstić information content (AvgIpc) is 2.61. The Morgan fingerprint density at radius 2 is 1.92 bits per heavy atom. The summed E-state index contributed by atoms with van der Waals surface area (Å²) in [5, 5.41) is 43.5. The second-order valence-electron chi connectivity index (χ2n) is 5.89. The van der Waals surface area contributed by atoms with E-state index < -0.39 is 43.4 Å². The first-order valence-electron chi connectivity index (χ1n) is 8.27. The Morgan fingerprint density at radius 3 is 2.50 bits per heavy atom. The molecule has 0 unspecified atom stereocenters. The van der Waals surface area contributed by atoms with E-state index >= 15 is 0 Å². The number of hydrogen-bond acceptors (Lipinski definition) is 9. The lowest BCUT2D eigenvalue weighted by Crippen LogP contribution is -2.59. The third-order valence-electron chi connectivity index (χ3n) is 3.84. The van der Waals surface area contributed by atoms with Crippen LogP contribution in [0.3, 0.4) is 0 Å². The minimum absolute atomic E-state index is 0.0379. The third kappa shape index (κ3) is 6.99. The van der Waals surface area contributed by atoms with Crippen LogP contribution >= 0.6 is 11.8 Å². The highest BCUT2D eigenvalue weighted by Crippen LogP contribution is 2.21. The number of aliphatic hydroxyl groups is 4. The highest BCUT2D eigenvalue weighted by Gasteiger charge is 2.43. The van der Waals surface area contributed by atoms with Gasteiger partial charge in [0.1, 0.15) is 30.5 Å². The van der Waals surface area contributed by atoms with Gasteiger partial charge in [-0.15, -0.1) is 0 Å². The monoisotopic (exact) mass is 396 g/mol. The van der Waals surface area contributed by atoms with Gasteiger partial charge < -0.3 is 40.5 Å². The number of ether oxygens (including phenoxy) is 2. The van der Waals surface area contributed by atoms with E-state index in [0.717, 1.165) is 0 Å². The smallest absolute Gasteiger partial charge is 0.242 e. The zero-order chi connectivity index (χ0) is 19.7. The molecule has 0 aromatic carbocycles. The molecule has 152 valence electrons. The molecule has 1 heterocycles. The Bertz CT molecular complexity index is 453. The molecule has 6 atom stereocenters. The Balaban J connectivity index is 2.41. The van der Waals surface area contributed by atoms with E-state index in [1.165, 1.54) is 6.92 Å². The van der Waals surface area contributed by atoms with Gasteiger partial charge in [-0.05, 0) is 18.4 Å². The van der Waals surface area contributed by atoms with Crippen LogP contribution in [0.1, 0.15) is 13.3 Å². The Kier molecular flexibility index (Phi) is 10.4. The van der Waals surface area contributed by atoms with Gasteiger partial charge in [-0.3, -0.25) is 9.59 Å². The zero-order valence-corrected chi connectivity index (χ0v) is 15.6. The molecule has 0 aromatic heterocycles. The van der Waals surface area contributed by atoms with Gasteiger partial charge in [0.25, 0.3) is 0 Å². The van der Waals surface area contributed by atoms with E-state index in [1.807, 2.05) is 6.26 Å². The summed E-state index contributed by atoms with van der Waals surface area (Å²) in [5.74, 6) is 0.0511. The summed E-state index contributed by atoms with van der Waals surface area (Å²) in [6.07, 6.45) is -4.37. The van der Waals surface area contributed by atoms with Crippen molar-refractivity contribution >= 4 is 23.6 Å². The van der Waals surface area contributed by atoms with Crippen LogP contribution in [0.5, 0.6) is 0 Å². The maximum absolute atomic E-state index is 12.1. The summed E-state index contributed by atoms with van der Waals surface area (Å²) in [5.41, 5.74) is 0. The maximum atomic E-state index is 12.1. The largest absolute Gasteiger partial charge is 0.394 e. The van der Waals surface area contributed by atoms with Crippen molar-refractivity contribution in [2.75, 3.05) is 31.8 Å². The van der Waals surface area contributed by atoms with Crippen LogP contribution in [0.4, 0.5) is 0 Å². The van der Waals surface area contributed by atoms with Crippen molar-refractivity contribution in [3.63, 3.8) is 0 Å². The van der Waals surface area contributed by atoms with E-state index in [1.54, 1.807) is 11.8 Å². The molecule has 6 N–H and O–H groups in total. The molecule has 1 saturated heterocycles. The number of amides is 2. The molecule has 1 aliphatic rings. The molecule has 1 fully saturated rings. The predicted molar refractivity (Wildman–Crippen MR) is 93.3 cm³/mol. The van der Waals surface area contributed by atoms with E-state index in [4.69, 9.17) is 14.6 Å². The number of carbonyl (C=O) groups excluding carboxylic acids is 2. The lowest BCUT2D eigenvalue weighted by Gasteiger charge is -2.39. The molecular weight excluding hydrogens is 368 g/mol. The maximum Gasteiger partial charge on any atom is 0.242 e. The minimum atomic E-state index is -1.52. The fourth-order valence-electron chi connectivity index (χ4n) is 2.43. The molecular formula is C15H28N2O8S. The van der Waals surface area contributed by atoms with Gasteiger partial charge in [-0.1, -0.05) is 0 Å². The highest BCUT2D eigenvalue weighted by molar-refractivity contribution is 7.98. The van der Waals surface area contributed by atoms with Gasteiger partial charge in [0.15, 0.2) is 6.29 Å². The van der Waals surface area contributed by atoms with Crippen LogP contribution in [0.25, 0.3) is 0 Å².